The molecule has 28 heavy (non-hydrogen) atoms. The number of ether oxygens (including phenoxy) is 2. The number of hydrogen-bond acceptors (Lipinski definition) is 4. The third-order valence-electron chi connectivity index (χ3n) is 5.39. The van der Waals surface area contributed by atoms with Crippen molar-refractivity contribution in [1.29, 1.82) is 0 Å². The molecule has 2 aliphatic rings. The van der Waals surface area contributed by atoms with Crippen molar-refractivity contribution in [2.45, 2.75) is 25.7 Å². The smallest absolute Gasteiger partial charge is 0.253 e. The summed E-state index contributed by atoms with van der Waals surface area (Å²) in [7, 11) is 0. The van der Waals surface area contributed by atoms with Gasteiger partial charge in [-0.2, -0.15) is 0 Å². The first-order valence-corrected chi connectivity index (χ1v) is 10.2. The van der Waals surface area contributed by atoms with E-state index >= 15 is 0 Å². The fourth-order valence-corrected chi connectivity index (χ4v) is 3.84. The van der Waals surface area contributed by atoms with Gasteiger partial charge in [0.1, 0.15) is 12.4 Å². The van der Waals surface area contributed by atoms with Crippen LogP contribution in [0.2, 0.25) is 0 Å². The summed E-state index contributed by atoms with van der Waals surface area (Å²) in [6.07, 6.45) is 5.12. The molecule has 1 unspecified atom stereocenters. The highest BCUT2D eigenvalue weighted by molar-refractivity contribution is 5.94. The van der Waals surface area contributed by atoms with Crippen LogP contribution in [-0.2, 0) is 9.53 Å². The molecule has 2 saturated heterocycles. The maximum Gasteiger partial charge on any atom is 0.253 e. The molecule has 0 N–H and O–H groups in total. The van der Waals surface area contributed by atoms with Crippen molar-refractivity contribution in [1.82, 2.24) is 9.80 Å². The molecule has 2 heterocycles. The van der Waals surface area contributed by atoms with E-state index in [9.17, 15) is 9.59 Å². The van der Waals surface area contributed by atoms with Crippen molar-refractivity contribution in [3.63, 3.8) is 0 Å². The largest absolute Gasteiger partial charge is 0.490 e. The fourth-order valence-electron chi connectivity index (χ4n) is 3.84. The zero-order valence-corrected chi connectivity index (χ0v) is 16.5. The molecule has 6 heteroatoms. The summed E-state index contributed by atoms with van der Waals surface area (Å²) in [5.74, 6) is 1.30. The minimum Gasteiger partial charge on any atom is -0.490 e. The first kappa shape index (κ1) is 20.4. The molecule has 0 aliphatic carbocycles. The number of morpholine rings is 1. The van der Waals surface area contributed by atoms with E-state index in [1.54, 1.807) is 12.1 Å². The van der Waals surface area contributed by atoms with Crippen LogP contribution in [0.3, 0.4) is 0 Å². The molecule has 0 radical (unpaired) electrons. The van der Waals surface area contributed by atoms with Gasteiger partial charge in [-0.25, -0.2) is 0 Å². The molecule has 0 saturated carbocycles. The molecule has 0 bridgehead atoms. The van der Waals surface area contributed by atoms with E-state index < -0.39 is 0 Å². The first-order valence-electron chi connectivity index (χ1n) is 10.2. The summed E-state index contributed by atoms with van der Waals surface area (Å²) < 4.78 is 10.8. The van der Waals surface area contributed by atoms with Crippen LogP contribution in [0.15, 0.2) is 36.9 Å². The number of piperidine rings is 1. The van der Waals surface area contributed by atoms with Crippen LogP contribution < -0.4 is 4.74 Å². The highest BCUT2D eigenvalue weighted by atomic mass is 16.5. The zero-order chi connectivity index (χ0) is 19.8. The number of amides is 2. The van der Waals surface area contributed by atoms with Gasteiger partial charge in [0.2, 0.25) is 5.91 Å². The fraction of sp³-hybridized carbons (Fsp3) is 0.545. The predicted octanol–water partition coefficient (Wildman–Crippen LogP) is 2.74. The second-order valence-electron chi connectivity index (χ2n) is 7.42. The van der Waals surface area contributed by atoms with Crippen molar-refractivity contribution in [2.24, 2.45) is 5.92 Å². The Balaban J connectivity index is 1.51. The zero-order valence-electron chi connectivity index (χ0n) is 16.5. The van der Waals surface area contributed by atoms with Crippen molar-refractivity contribution in [3.8, 4) is 5.75 Å². The van der Waals surface area contributed by atoms with Crippen LogP contribution in [-0.4, -0.2) is 67.6 Å². The van der Waals surface area contributed by atoms with Gasteiger partial charge in [-0.1, -0.05) is 18.7 Å². The van der Waals surface area contributed by atoms with Gasteiger partial charge >= 0.3 is 0 Å². The maximum atomic E-state index is 12.9. The Morgan fingerprint density at radius 3 is 2.82 bits per heavy atom. The molecule has 0 spiro atoms. The van der Waals surface area contributed by atoms with E-state index in [4.69, 9.17) is 9.47 Å². The number of nitrogens with zero attached hydrogens (tertiary/aromatic N) is 2. The van der Waals surface area contributed by atoms with Crippen molar-refractivity contribution >= 4 is 11.8 Å². The van der Waals surface area contributed by atoms with Gasteiger partial charge in [0, 0.05) is 38.2 Å². The van der Waals surface area contributed by atoms with Gasteiger partial charge in [-0.3, -0.25) is 9.59 Å². The third kappa shape index (κ3) is 5.58. The molecule has 2 aliphatic heterocycles. The lowest BCUT2D eigenvalue weighted by atomic mass is 9.92. The predicted molar refractivity (Wildman–Crippen MR) is 107 cm³/mol. The maximum absolute atomic E-state index is 12.9. The molecule has 3 rings (SSSR count). The molecule has 1 aromatic rings. The van der Waals surface area contributed by atoms with E-state index in [2.05, 4.69) is 6.58 Å². The van der Waals surface area contributed by atoms with E-state index in [1.807, 2.05) is 28.0 Å². The quantitative estimate of drug-likeness (QED) is 0.676. The standard InChI is InChI=1S/C22H30N2O4/c1-2-13-28-20-7-3-6-19(16-20)22(26)24-10-4-5-18(17-24)8-9-21(25)23-11-14-27-15-12-23/h2-3,6-7,16,18H,1,4-5,8-15,17H2. The number of hydrogen-bond donors (Lipinski definition) is 0. The monoisotopic (exact) mass is 386 g/mol. The Kier molecular flexibility index (Phi) is 7.48. The number of carbonyl (C=O) groups excluding carboxylic acids is 2. The summed E-state index contributed by atoms with van der Waals surface area (Å²) >= 11 is 0. The number of benzene rings is 1. The van der Waals surface area contributed by atoms with Crippen LogP contribution in [0, 0.1) is 5.92 Å². The summed E-state index contributed by atoms with van der Waals surface area (Å²) in [5, 5.41) is 0. The Hall–Kier alpha value is -2.34. The topological polar surface area (TPSA) is 59.1 Å². The SMILES string of the molecule is C=CCOc1cccc(C(=O)N2CCCC(CCC(=O)N3CCOCC3)C2)c1. The summed E-state index contributed by atoms with van der Waals surface area (Å²) in [6, 6.07) is 7.30. The molecule has 1 aromatic carbocycles. The second kappa shape index (κ2) is 10.3. The average Bonchev–Trinajstić information content (AvgIpc) is 2.76. The van der Waals surface area contributed by atoms with Gasteiger partial charge < -0.3 is 19.3 Å². The average molecular weight is 386 g/mol. The molecule has 0 aromatic heterocycles. The Bertz CT molecular complexity index is 685. The minimum absolute atomic E-state index is 0.0354. The van der Waals surface area contributed by atoms with Gasteiger partial charge in [0.15, 0.2) is 0 Å². The van der Waals surface area contributed by atoms with Crippen LogP contribution >= 0.6 is 0 Å². The van der Waals surface area contributed by atoms with Gasteiger partial charge in [0.05, 0.1) is 13.2 Å². The van der Waals surface area contributed by atoms with Crippen molar-refractivity contribution in [3.05, 3.63) is 42.5 Å². The lowest BCUT2D eigenvalue weighted by Gasteiger charge is -2.33. The van der Waals surface area contributed by atoms with E-state index in [0.717, 1.165) is 25.8 Å². The first-order chi connectivity index (χ1) is 13.7. The Labute approximate surface area is 167 Å². The molecule has 1 atom stereocenters. The van der Waals surface area contributed by atoms with Crippen molar-refractivity contribution < 1.29 is 19.1 Å². The van der Waals surface area contributed by atoms with Crippen molar-refractivity contribution in [2.75, 3.05) is 46.0 Å². The normalized spacial score (nSPS) is 19.9. The lowest BCUT2D eigenvalue weighted by molar-refractivity contribution is -0.135. The van der Waals surface area contributed by atoms with Crippen LogP contribution in [0.1, 0.15) is 36.0 Å². The molecular weight excluding hydrogens is 356 g/mol. The highest BCUT2D eigenvalue weighted by Crippen LogP contribution is 2.24. The summed E-state index contributed by atoms with van der Waals surface area (Å²) in [5.41, 5.74) is 0.645. The minimum atomic E-state index is 0.0354. The number of rotatable bonds is 7. The van der Waals surface area contributed by atoms with Gasteiger partial charge in [-0.15, -0.1) is 0 Å². The van der Waals surface area contributed by atoms with Crippen LogP contribution in [0.5, 0.6) is 5.75 Å². The Morgan fingerprint density at radius 1 is 1.21 bits per heavy atom. The lowest BCUT2D eigenvalue weighted by Crippen LogP contribution is -2.42. The molecule has 6 nitrogen and oxygen atoms in total. The Morgan fingerprint density at radius 2 is 2.04 bits per heavy atom. The van der Waals surface area contributed by atoms with E-state index in [1.165, 1.54) is 0 Å². The number of likely N-dealkylation sites (tertiary alicyclic amines) is 1. The number of carbonyl (C=O) groups is 2. The summed E-state index contributed by atoms with van der Waals surface area (Å²) in [6.45, 7) is 8.19. The summed E-state index contributed by atoms with van der Waals surface area (Å²) in [4.78, 5) is 29.1. The van der Waals surface area contributed by atoms with Crippen LogP contribution in [0.4, 0.5) is 0 Å². The molecular formula is C22H30N2O4. The van der Waals surface area contributed by atoms with Crippen LogP contribution in [0.25, 0.3) is 0 Å². The van der Waals surface area contributed by atoms with E-state index in [-0.39, 0.29) is 11.8 Å². The second-order valence-corrected chi connectivity index (χ2v) is 7.42. The highest BCUT2D eigenvalue weighted by Gasteiger charge is 2.26. The third-order valence-corrected chi connectivity index (χ3v) is 5.39. The molecule has 2 amide bonds. The molecule has 152 valence electrons. The molecule has 2 fully saturated rings. The van der Waals surface area contributed by atoms with Gasteiger partial charge in [-0.05, 0) is 43.4 Å². The van der Waals surface area contributed by atoms with Gasteiger partial charge in [0.25, 0.3) is 5.91 Å². The van der Waals surface area contributed by atoms with E-state index in [0.29, 0.717) is 63.1 Å².